The van der Waals surface area contributed by atoms with Crippen molar-refractivity contribution < 1.29 is 9.47 Å². The van der Waals surface area contributed by atoms with Crippen molar-refractivity contribution in [2.75, 3.05) is 39.5 Å². The third-order valence-electron chi connectivity index (χ3n) is 3.65. The van der Waals surface area contributed by atoms with E-state index in [2.05, 4.69) is 14.9 Å². The van der Waals surface area contributed by atoms with Gasteiger partial charge in [0.25, 0.3) is 0 Å². The van der Waals surface area contributed by atoms with Gasteiger partial charge >= 0.3 is 0 Å². The summed E-state index contributed by atoms with van der Waals surface area (Å²) >= 11 is 6.08. The number of hydrogen-bond donors (Lipinski definition) is 0. The highest BCUT2D eigenvalue weighted by atomic mass is 35.5. The number of aryl methyl sites for hydroxylation is 1. The van der Waals surface area contributed by atoms with Crippen LogP contribution in [0.3, 0.4) is 0 Å². The SMILES string of the molecule is Cc1cc2c(Cl)ncnc2cc1OCCN1CCOCC1. The van der Waals surface area contributed by atoms with E-state index >= 15 is 0 Å². The Bertz CT molecular complexity index is 630. The Morgan fingerprint density at radius 1 is 1.29 bits per heavy atom. The first kappa shape index (κ1) is 14.5. The number of aromatic nitrogens is 2. The van der Waals surface area contributed by atoms with E-state index in [1.54, 1.807) is 0 Å². The standard InChI is InChI=1S/C15H18ClN3O2/c1-11-8-12-13(17-10-18-15(12)16)9-14(11)21-7-4-19-2-5-20-6-3-19/h8-10H,2-7H2,1H3. The molecule has 6 heteroatoms. The lowest BCUT2D eigenvalue weighted by Gasteiger charge is -2.26. The highest BCUT2D eigenvalue weighted by Gasteiger charge is 2.11. The molecule has 0 amide bonds. The van der Waals surface area contributed by atoms with Gasteiger partial charge in [-0.3, -0.25) is 4.90 Å². The normalized spacial score (nSPS) is 16.3. The minimum atomic E-state index is 0.475. The van der Waals surface area contributed by atoms with Crippen LogP contribution in [0.2, 0.25) is 5.15 Å². The molecular weight excluding hydrogens is 290 g/mol. The Morgan fingerprint density at radius 2 is 2.10 bits per heavy atom. The quantitative estimate of drug-likeness (QED) is 0.811. The van der Waals surface area contributed by atoms with Gasteiger partial charge in [-0.25, -0.2) is 9.97 Å². The largest absolute Gasteiger partial charge is 0.492 e. The number of halogens is 1. The lowest BCUT2D eigenvalue weighted by molar-refractivity contribution is 0.0322. The van der Waals surface area contributed by atoms with Crippen molar-refractivity contribution in [3.8, 4) is 5.75 Å². The second kappa shape index (κ2) is 6.56. The lowest BCUT2D eigenvalue weighted by atomic mass is 10.1. The summed E-state index contributed by atoms with van der Waals surface area (Å²) < 4.78 is 11.2. The molecule has 1 saturated heterocycles. The second-order valence-electron chi connectivity index (χ2n) is 5.10. The Kier molecular flexibility index (Phi) is 4.53. The first-order valence-corrected chi connectivity index (χ1v) is 7.45. The third kappa shape index (κ3) is 3.43. The van der Waals surface area contributed by atoms with Gasteiger partial charge in [-0.1, -0.05) is 11.6 Å². The van der Waals surface area contributed by atoms with Gasteiger partial charge in [-0.2, -0.15) is 0 Å². The maximum atomic E-state index is 6.08. The van der Waals surface area contributed by atoms with Crippen LogP contribution >= 0.6 is 11.6 Å². The molecule has 1 aliphatic heterocycles. The van der Waals surface area contributed by atoms with E-state index in [4.69, 9.17) is 21.1 Å². The molecule has 1 aromatic heterocycles. The summed E-state index contributed by atoms with van der Waals surface area (Å²) in [5.41, 5.74) is 1.85. The van der Waals surface area contributed by atoms with Gasteiger partial charge in [0.2, 0.25) is 0 Å². The maximum absolute atomic E-state index is 6.08. The molecule has 112 valence electrons. The summed E-state index contributed by atoms with van der Waals surface area (Å²) in [5, 5.41) is 1.33. The van der Waals surface area contributed by atoms with Crippen LogP contribution in [-0.2, 0) is 4.74 Å². The smallest absolute Gasteiger partial charge is 0.140 e. The molecule has 5 nitrogen and oxygen atoms in total. The molecule has 0 radical (unpaired) electrons. The van der Waals surface area contributed by atoms with E-state index in [0.717, 1.165) is 55.1 Å². The predicted octanol–water partition coefficient (Wildman–Crippen LogP) is 2.30. The molecular formula is C15H18ClN3O2. The van der Waals surface area contributed by atoms with Crippen LogP contribution in [0.25, 0.3) is 10.9 Å². The molecule has 0 bridgehead atoms. The minimum absolute atomic E-state index is 0.475. The van der Waals surface area contributed by atoms with E-state index in [1.165, 1.54) is 6.33 Å². The van der Waals surface area contributed by atoms with Crippen LogP contribution in [0, 0.1) is 6.92 Å². The highest BCUT2D eigenvalue weighted by molar-refractivity contribution is 6.34. The van der Waals surface area contributed by atoms with E-state index in [9.17, 15) is 0 Å². The number of morpholine rings is 1. The Morgan fingerprint density at radius 3 is 2.90 bits per heavy atom. The van der Waals surface area contributed by atoms with Gasteiger partial charge in [0.1, 0.15) is 23.8 Å². The van der Waals surface area contributed by atoms with Crippen LogP contribution in [0.15, 0.2) is 18.5 Å². The van der Waals surface area contributed by atoms with Crippen molar-refractivity contribution in [2.24, 2.45) is 0 Å². The van der Waals surface area contributed by atoms with Crippen molar-refractivity contribution in [3.05, 3.63) is 29.2 Å². The molecule has 0 aliphatic carbocycles. The van der Waals surface area contributed by atoms with E-state index in [-0.39, 0.29) is 0 Å². The number of hydrogen-bond acceptors (Lipinski definition) is 5. The number of nitrogens with zero attached hydrogens (tertiary/aromatic N) is 3. The zero-order chi connectivity index (χ0) is 14.7. The molecule has 0 atom stereocenters. The van der Waals surface area contributed by atoms with E-state index in [1.807, 2.05) is 19.1 Å². The van der Waals surface area contributed by atoms with Gasteiger partial charge in [-0.05, 0) is 18.6 Å². The van der Waals surface area contributed by atoms with E-state index in [0.29, 0.717) is 11.8 Å². The molecule has 1 fully saturated rings. The first-order chi connectivity index (χ1) is 10.2. The number of benzene rings is 1. The molecule has 0 unspecified atom stereocenters. The van der Waals surface area contributed by atoms with Crippen LogP contribution < -0.4 is 4.74 Å². The van der Waals surface area contributed by atoms with Crippen LogP contribution in [-0.4, -0.2) is 54.3 Å². The van der Waals surface area contributed by atoms with Crippen molar-refractivity contribution in [1.82, 2.24) is 14.9 Å². The molecule has 2 heterocycles. The van der Waals surface area contributed by atoms with Gasteiger partial charge in [0.05, 0.1) is 18.7 Å². The van der Waals surface area contributed by atoms with Gasteiger partial charge < -0.3 is 9.47 Å². The summed E-state index contributed by atoms with van der Waals surface area (Å²) in [4.78, 5) is 10.6. The highest BCUT2D eigenvalue weighted by Crippen LogP contribution is 2.27. The average Bonchev–Trinajstić information content (AvgIpc) is 2.50. The van der Waals surface area contributed by atoms with Gasteiger partial charge in [0.15, 0.2) is 0 Å². The Labute approximate surface area is 128 Å². The van der Waals surface area contributed by atoms with Crippen molar-refractivity contribution in [2.45, 2.75) is 6.92 Å². The predicted molar refractivity (Wildman–Crippen MR) is 82.0 cm³/mol. The zero-order valence-electron chi connectivity index (χ0n) is 12.0. The third-order valence-corrected chi connectivity index (χ3v) is 3.95. The lowest BCUT2D eigenvalue weighted by Crippen LogP contribution is -2.38. The van der Waals surface area contributed by atoms with Crippen LogP contribution in [0.5, 0.6) is 5.75 Å². The summed E-state index contributed by atoms with van der Waals surface area (Å²) in [6.07, 6.45) is 1.47. The van der Waals surface area contributed by atoms with E-state index < -0.39 is 0 Å². The summed E-state index contributed by atoms with van der Waals surface area (Å²) in [6.45, 7) is 7.14. The molecule has 1 aromatic carbocycles. The van der Waals surface area contributed by atoms with Crippen molar-refractivity contribution >= 4 is 22.5 Å². The fourth-order valence-electron chi connectivity index (χ4n) is 2.43. The topological polar surface area (TPSA) is 47.5 Å². The molecule has 3 rings (SSSR count). The molecule has 2 aromatic rings. The Balaban J connectivity index is 1.67. The van der Waals surface area contributed by atoms with Crippen molar-refractivity contribution in [3.63, 3.8) is 0 Å². The van der Waals surface area contributed by atoms with Gasteiger partial charge in [0, 0.05) is 31.1 Å². The fourth-order valence-corrected chi connectivity index (χ4v) is 2.62. The number of fused-ring (bicyclic) bond motifs is 1. The number of rotatable bonds is 4. The van der Waals surface area contributed by atoms with Crippen LogP contribution in [0.4, 0.5) is 0 Å². The zero-order valence-corrected chi connectivity index (χ0v) is 12.8. The summed E-state index contributed by atoms with van der Waals surface area (Å²) in [7, 11) is 0. The average molecular weight is 308 g/mol. The molecule has 0 saturated carbocycles. The molecule has 0 N–H and O–H groups in total. The first-order valence-electron chi connectivity index (χ1n) is 7.08. The maximum Gasteiger partial charge on any atom is 0.140 e. The minimum Gasteiger partial charge on any atom is -0.492 e. The van der Waals surface area contributed by atoms with Crippen LogP contribution in [0.1, 0.15) is 5.56 Å². The molecule has 1 aliphatic rings. The monoisotopic (exact) mass is 307 g/mol. The van der Waals surface area contributed by atoms with Crippen molar-refractivity contribution in [1.29, 1.82) is 0 Å². The summed E-state index contributed by atoms with van der Waals surface area (Å²) in [5.74, 6) is 0.852. The summed E-state index contributed by atoms with van der Waals surface area (Å²) in [6, 6.07) is 3.90. The molecule has 0 spiro atoms. The second-order valence-corrected chi connectivity index (χ2v) is 5.46. The number of ether oxygens (including phenoxy) is 2. The van der Waals surface area contributed by atoms with Gasteiger partial charge in [-0.15, -0.1) is 0 Å². The fraction of sp³-hybridized carbons (Fsp3) is 0.467. The Hall–Kier alpha value is -1.43. The molecule has 21 heavy (non-hydrogen) atoms.